The number of aromatic hydroxyl groups is 1. The van der Waals surface area contributed by atoms with E-state index in [1.165, 1.54) is 18.2 Å². The molecule has 3 atom stereocenters. The third-order valence-corrected chi connectivity index (χ3v) is 8.76. The van der Waals surface area contributed by atoms with Crippen molar-refractivity contribution < 1.29 is 39.2 Å². The zero-order valence-corrected chi connectivity index (χ0v) is 22.9. The SMILES string of the molecule is NC(=O)C1=C(O)C[C@@H]2C[C@@H]3Cc4c(-c5ccc(CNCc6cccc(F)c6)cc5)ccc(O)c4C(=O)C3=C(O)[C@]2(O)C1=O. The van der Waals surface area contributed by atoms with Gasteiger partial charge >= 0.3 is 0 Å². The van der Waals surface area contributed by atoms with Crippen molar-refractivity contribution in [2.24, 2.45) is 17.6 Å². The van der Waals surface area contributed by atoms with Gasteiger partial charge in [0.25, 0.3) is 5.91 Å². The van der Waals surface area contributed by atoms with Crippen LogP contribution in [0.15, 0.2) is 83.3 Å². The number of phenolic OH excluding ortho intramolecular Hbond substituents is 1. The van der Waals surface area contributed by atoms with Crippen LogP contribution in [0.25, 0.3) is 11.1 Å². The molecule has 7 N–H and O–H groups in total. The largest absolute Gasteiger partial charge is 0.511 e. The summed E-state index contributed by atoms with van der Waals surface area (Å²) in [7, 11) is 0. The van der Waals surface area contributed by atoms with E-state index in [-0.39, 0.29) is 42.0 Å². The Morgan fingerprint density at radius 2 is 1.70 bits per heavy atom. The van der Waals surface area contributed by atoms with Crippen molar-refractivity contribution in [3.8, 4) is 16.9 Å². The number of allylic oxidation sites excluding steroid dienone is 2. The van der Waals surface area contributed by atoms with Gasteiger partial charge < -0.3 is 31.5 Å². The predicted molar refractivity (Wildman–Crippen MR) is 153 cm³/mol. The Morgan fingerprint density at radius 3 is 2.40 bits per heavy atom. The molecule has 0 aliphatic heterocycles. The van der Waals surface area contributed by atoms with Crippen molar-refractivity contribution in [1.29, 1.82) is 0 Å². The molecule has 3 aliphatic carbocycles. The van der Waals surface area contributed by atoms with E-state index in [0.29, 0.717) is 24.2 Å². The topological polar surface area (TPSA) is 170 Å². The Kier molecular flexibility index (Phi) is 6.90. The molecule has 0 fully saturated rings. The van der Waals surface area contributed by atoms with Crippen LogP contribution in [0.5, 0.6) is 5.75 Å². The lowest BCUT2D eigenvalue weighted by molar-refractivity contribution is -0.144. The van der Waals surface area contributed by atoms with Crippen LogP contribution in [0.1, 0.15) is 39.9 Å². The molecule has 3 aromatic carbocycles. The summed E-state index contributed by atoms with van der Waals surface area (Å²) in [4.78, 5) is 38.7. The first-order valence-electron chi connectivity index (χ1n) is 13.9. The van der Waals surface area contributed by atoms with Crippen molar-refractivity contribution in [2.45, 2.75) is 38.0 Å². The average Bonchev–Trinajstić information content (AvgIpc) is 2.95. The van der Waals surface area contributed by atoms with Crippen LogP contribution in [-0.4, -0.2) is 43.5 Å². The number of Topliss-reactive ketones (excluding diaryl/α,β-unsaturated/α-hetero) is 2. The second-order valence-corrected chi connectivity index (χ2v) is 11.3. The molecule has 43 heavy (non-hydrogen) atoms. The highest BCUT2D eigenvalue weighted by Crippen LogP contribution is 2.52. The van der Waals surface area contributed by atoms with E-state index in [9.17, 15) is 39.2 Å². The maximum Gasteiger partial charge on any atom is 0.255 e. The molecule has 3 aliphatic rings. The molecule has 0 aromatic heterocycles. The second-order valence-electron chi connectivity index (χ2n) is 11.3. The number of aliphatic hydroxyl groups is 3. The highest BCUT2D eigenvalue weighted by molar-refractivity contribution is 6.24. The molecule has 9 nitrogen and oxygen atoms in total. The molecule has 0 bridgehead atoms. The highest BCUT2D eigenvalue weighted by atomic mass is 19.1. The molecule has 0 saturated carbocycles. The standard InChI is InChI=1S/C33H29FN2O7/c34-21-3-1-2-17(10-21)15-36-14-16-4-6-18(7-5-16)22-8-9-24(37)27-23(22)12-19-11-20-13-25(38)28(32(35)42)31(41)33(20,43)30(40)26(19)29(27)39/h1-10,19-20,36-38,40,43H,11-15H2,(H2,35,42)/t19-,20+,33+/m1/s1. The van der Waals surface area contributed by atoms with Gasteiger partial charge in [0.15, 0.2) is 11.4 Å². The number of fused-ring (bicyclic) bond motifs is 3. The molecular formula is C33H29FN2O7. The van der Waals surface area contributed by atoms with Crippen LogP contribution >= 0.6 is 0 Å². The van der Waals surface area contributed by atoms with Crippen LogP contribution in [0.2, 0.25) is 0 Å². The van der Waals surface area contributed by atoms with Crippen LogP contribution in [0.3, 0.4) is 0 Å². The first-order valence-corrected chi connectivity index (χ1v) is 13.9. The third-order valence-electron chi connectivity index (χ3n) is 8.76. The van der Waals surface area contributed by atoms with E-state index >= 15 is 0 Å². The second kappa shape index (κ2) is 10.5. The summed E-state index contributed by atoms with van der Waals surface area (Å²) in [5, 5.41) is 47.0. The summed E-state index contributed by atoms with van der Waals surface area (Å²) in [5.41, 5.74) is 5.50. The summed E-state index contributed by atoms with van der Waals surface area (Å²) in [5.74, 6) is -6.86. The Balaban J connectivity index is 1.30. The Labute approximate surface area is 245 Å². The van der Waals surface area contributed by atoms with Crippen LogP contribution in [0.4, 0.5) is 4.39 Å². The summed E-state index contributed by atoms with van der Waals surface area (Å²) >= 11 is 0. The zero-order chi connectivity index (χ0) is 30.6. The van der Waals surface area contributed by atoms with Crippen LogP contribution < -0.4 is 11.1 Å². The molecule has 3 aromatic rings. The van der Waals surface area contributed by atoms with Gasteiger partial charge in [-0.2, -0.15) is 0 Å². The molecule has 220 valence electrons. The summed E-state index contributed by atoms with van der Waals surface area (Å²) in [6.45, 7) is 1.04. The normalized spacial score (nSPS) is 23.1. The van der Waals surface area contributed by atoms with Crippen molar-refractivity contribution in [3.05, 3.63) is 111 Å². The molecule has 6 rings (SSSR count). The Morgan fingerprint density at radius 1 is 0.977 bits per heavy atom. The van der Waals surface area contributed by atoms with Gasteiger partial charge in [0.2, 0.25) is 5.78 Å². The van der Waals surface area contributed by atoms with E-state index in [4.69, 9.17) is 5.73 Å². The van der Waals surface area contributed by atoms with Gasteiger partial charge in [-0.05, 0) is 64.8 Å². The highest BCUT2D eigenvalue weighted by Gasteiger charge is 2.59. The lowest BCUT2D eigenvalue weighted by Crippen LogP contribution is -2.57. The fourth-order valence-electron chi connectivity index (χ4n) is 6.69. The molecule has 0 heterocycles. The lowest BCUT2D eigenvalue weighted by Gasteiger charge is -2.45. The van der Waals surface area contributed by atoms with Crippen molar-refractivity contribution in [3.63, 3.8) is 0 Å². The molecule has 0 unspecified atom stereocenters. The number of ketones is 2. The maximum absolute atomic E-state index is 13.8. The number of nitrogens with one attached hydrogen (secondary N) is 1. The quantitative estimate of drug-likeness (QED) is 0.238. The van der Waals surface area contributed by atoms with E-state index < -0.39 is 52.0 Å². The number of aliphatic hydroxyl groups excluding tert-OH is 2. The monoisotopic (exact) mass is 584 g/mol. The van der Waals surface area contributed by atoms with E-state index in [0.717, 1.165) is 16.7 Å². The summed E-state index contributed by atoms with van der Waals surface area (Å²) in [6.07, 6.45) is 0.00000620. The van der Waals surface area contributed by atoms with Crippen LogP contribution in [0, 0.1) is 17.7 Å². The van der Waals surface area contributed by atoms with E-state index in [1.807, 2.05) is 30.3 Å². The molecule has 0 spiro atoms. The number of hydrogen-bond donors (Lipinski definition) is 6. The number of amides is 1. The van der Waals surface area contributed by atoms with E-state index in [1.54, 1.807) is 12.1 Å². The smallest absolute Gasteiger partial charge is 0.255 e. The number of carbonyl (C=O) groups is 3. The van der Waals surface area contributed by atoms with Gasteiger partial charge in [0, 0.05) is 31.0 Å². The number of phenols is 1. The molecule has 10 heteroatoms. The van der Waals surface area contributed by atoms with Crippen molar-refractivity contribution in [2.75, 3.05) is 0 Å². The number of halogens is 1. The first kappa shape index (κ1) is 28.3. The molecular weight excluding hydrogens is 555 g/mol. The van der Waals surface area contributed by atoms with Gasteiger partial charge in [-0.25, -0.2) is 4.39 Å². The fraction of sp³-hybridized carbons (Fsp3) is 0.242. The molecule has 0 radical (unpaired) electrons. The minimum atomic E-state index is -2.60. The maximum atomic E-state index is 13.8. The fourth-order valence-corrected chi connectivity index (χ4v) is 6.69. The van der Waals surface area contributed by atoms with Crippen LogP contribution in [-0.2, 0) is 29.1 Å². The number of primary amides is 1. The average molecular weight is 585 g/mol. The number of nitrogens with two attached hydrogens (primary N) is 1. The third kappa shape index (κ3) is 4.59. The summed E-state index contributed by atoms with van der Waals surface area (Å²) in [6, 6.07) is 17.1. The minimum absolute atomic E-state index is 0.0324. The van der Waals surface area contributed by atoms with Gasteiger partial charge in [0.05, 0.1) is 5.56 Å². The van der Waals surface area contributed by atoms with Gasteiger partial charge in [-0.3, -0.25) is 14.4 Å². The predicted octanol–water partition coefficient (Wildman–Crippen LogP) is 3.68. The van der Waals surface area contributed by atoms with Crippen molar-refractivity contribution >= 4 is 17.5 Å². The van der Waals surface area contributed by atoms with E-state index in [2.05, 4.69) is 5.32 Å². The van der Waals surface area contributed by atoms with Gasteiger partial charge in [-0.1, -0.05) is 42.5 Å². The minimum Gasteiger partial charge on any atom is -0.511 e. The number of rotatable bonds is 6. The molecule has 1 amide bonds. The number of carbonyl (C=O) groups excluding carboxylic acids is 3. The molecule has 0 saturated heterocycles. The first-order chi connectivity index (χ1) is 20.5. The Bertz CT molecular complexity index is 1760. The van der Waals surface area contributed by atoms with Crippen molar-refractivity contribution in [1.82, 2.24) is 5.32 Å². The van der Waals surface area contributed by atoms with Gasteiger partial charge in [-0.15, -0.1) is 0 Å². The number of benzene rings is 3. The zero-order valence-electron chi connectivity index (χ0n) is 22.9. The lowest BCUT2D eigenvalue weighted by atomic mass is 9.60. The number of hydrogen-bond acceptors (Lipinski definition) is 8. The summed E-state index contributed by atoms with van der Waals surface area (Å²) < 4.78 is 13.4. The van der Waals surface area contributed by atoms with Gasteiger partial charge in [0.1, 0.15) is 28.7 Å². The Hall–Kier alpha value is -4.80.